The number of hydrogen-bond acceptors (Lipinski definition) is 2. The van der Waals surface area contributed by atoms with E-state index in [-0.39, 0.29) is 18.8 Å². The number of halogens is 4. The summed E-state index contributed by atoms with van der Waals surface area (Å²) in [5, 5.41) is 0. The maximum Gasteiger partial charge on any atom is 0.408 e. The van der Waals surface area contributed by atoms with Gasteiger partial charge in [0.15, 0.2) is 0 Å². The third-order valence-corrected chi connectivity index (χ3v) is 1.84. The molecule has 1 fully saturated rings. The Morgan fingerprint density at radius 3 is 2.17 bits per heavy atom. The van der Waals surface area contributed by atoms with Crippen molar-refractivity contribution in [3.05, 3.63) is 0 Å². The minimum Gasteiger partial charge on any atom is -0.379 e. The Bertz CT molecular complexity index is 144. The third kappa shape index (κ3) is 2.24. The highest BCUT2D eigenvalue weighted by Gasteiger charge is 2.52. The van der Waals surface area contributed by atoms with E-state index >= 15 is 0 Å². The predicted molar refractivity (Wildman–Crippen MR) is 40.3 cm³/mol. The smallest absolute Gasteiger partial charge is 0.379 e. The monoisotopic (exact) mass is 205 g/mol. The van der Waals surface area contributed by atoms with Crippen LogP contribution in [-0.4, -0.2) is 24.9 Å². The van der Waals surface area contributed by atoms with Crippen LogP contribution in [-0.2, 0) is 4.74 Å². The van der Waals surface area contributed by atoms with Crippen LogP contribution in [0.5, 0.6) is 0 Å². The summed E-state index contributed by atoms with van der Waals surface area (Å²) >= 11 is 0. The lowest BCUT2D eigenvalue weighted by atomic mass is 9.93. The Kier molecular flexibility index (Phi) is 3.81. The molecule has 2 nitrogen and oxygen atoms in total. The molecule has 12 heavy (non-hydrogen) atoms. The van der Waals surface area contributed by atoms with Gasteiger partial charge in [-0.2, -0.15) is 13.2 Å². The van der Waals surface area contributed by atoms with Gasteiger partial charge in [-0.25, -0.2) is 0 Å². The van der Waals surface area contributed by atoms with E-state index in [1.54, 1.807) is 0 Å². The second-order valence-corrected chi connectivity index (χ2v) is 2.81. The van der Waals surface area contributed by atoms with Gasteiger partial charge in [0.25, 0.3) is 0 Å². The van der Waals surface area contributed by atoms with Gasteiger partial charge < -0.3 is 10.5 Å². The first kappa shape index (κ1) is 12.0. The fourth-order valence-corrected chi connectivity index (χ4v) is 1.04. The fourth-order valence-electron chi connectivity index (χ4n) is 1.04. The van der Waals surface area contributed by atoms with Gasteiger partial charge in [0.1, 0.15) is 5.54 Å². The highest BCUT2D eigenvalue weighted by atomic mass is 35.5. The fraction of sp³-hybridized carbons (Fsp3) is 1.00. The molecule has 0 saturated carbocycles. The maximum absolute atomic E-state index is 12.1. The van der Waals surface area contributed by atoms with Crippen molar-refractivity contribution in [2.24, 2.45) is 5.73 Å². The molecule has 6 heteroatoms. The number of ether oxygens (including phenoxy) is 1. The van der Waals surface area contributed by atoms with Gasteiger partial charge in [-0.15, -0.1) is 12.4 Å². The first-order valence-electron chi connectivity index (χ1n) is 3.39. The van der Waals surface area contributed by atoms with Gasteiger partial charge in [-0.05, 0) is 12.8 Å². The first-order chi connectivity index (χ1) is 4.96. The van der Waals surface area contributed by atoms with E-state index in [9.17, 15) is 13.2 Å². The summed E-state index contributed by atoms with van der Waals surface area (Å²) in [6.45, 7) is -0.0223. The lowest BCUT2D eigenvalue weighted by Crippen LogP contribution is -2.58. The summed E-state index contributed by atoms with van der Waals surface area (Å²) in [6, 6.07) is 0. The molecule has 0 radical (unpaired) electrons. The van der Waals surface area contributed by atoms with Crippen LogP contribution in [0.15, 0.2) is 0 Å². The molecule has 0 aromatic heterocycles. The lowest BCUT2D eigenvalue weighted by molar-refractivity contribution is -0.211. The normalized spacial score (nSPS) is 31.0. The Morgan fingerprint density at radius 2 is 1.92 bits per heavy atom. The summed E-state index contributed by atoms with van der Waals surface area (Å²) in [6.07, 6.45) is -3.99. The van der Waals surface area contributed by atoms with E-state index in [2.05, 4.69) is 4.74 Å². The van der Waals surface area contributed by atoms with Gasteiger partial charge >= 0.3 is 6.18 Å². The maximum atomic E-state index is 12.1. The SMILES string of the molecule is Cl.NC1(C(F)(F)F)CCCOC1. The number of rotatable bonds is 0. The number of hydrogen-bond donors (Lipinski definition) is 1. The van der Waals surface area contributed by atoms with E-state index in [1.165, 1.54) is 0 Å². The van der Waals surface area contributed by atoms with Crippen LogP contribution in [0.4, 0.5) is 13.2 Å². The quantitative estimate of drug-likeness (QED) is 0.650. The van der Waals surface area contributed by atoms with Crippen LogP contribution < -0.4 is 5.73 Å². The highest BCUT2D eigenvalue weighted by Crippen LogP contribution is 2.34. The average molecular weight is 206 g/mol. The average Bonchev–Trinajstić information content (AvgIpc) is 1.87. The van der Waals surface area contributed by atoms with E-state index in [1.807, 2.05) is 0 Å². The van der Waals surface area contributed by atoms with Crippen LogP contribution in [0.3, 0.4) is 0 Å². The van der Waals surface area contributed by atoms with Crippen molar-refractivity contribution in [2.45, 2.75) is 24.6 Å². The molecule has 1 aliphatic heterocycles. The van der Waals surface area contributed by atoms with Crippen LogP contribution in [0, 0.1) is 0 Å². The van der Waals surface area contributed by atoms with Crippen molar-refractivity contribution in [3.8, 4) is 0 Å². The molecule has 0 aliphatic carbocycles. The van der Waals surface area contributed by atoms with Gasteiger partial charge in [0.05, 0.1) is 6.61 Å². The molecule has 0 aromatic rings. The molecule has 0 amide bonds. The summed E-state index contributed by atoms with van der Waals surface area (Å²) < 4.78 is 41.0. The van der Waals surface area contributed by atoms with Crippen LogP contribution in [0.1, 0.15) is 12.8 Å². The lowest BCUT2D eigenvalue weighted by Gasteiger charge is -2.34. The molecule has 1 atom stereocenters. The Labute approximate surface area is 74.7 Å². The molecular formula is C6H11ClF3NO. The van der Waals surface area contributed by atoms with Gasteiger partial charge in [0.2, 0.25) is 0 Å². The van der Waals surface area contributed by atoms with Crippen molar-refractivity contribution >= 4 is 12.4 Å². The molecule has 1 heterocycles. The zero-order valence-corrected chi connectivity index (χ0v) is 7.17. The van der Waals surface area contributed by atoms with Crippen molar-refractivity contribution in [1.29, 1.82) is 0 Å². The number of nitrogens with two attached hydrogens (primary N) is 1. The van der Waals surface area contributed by atoms with Gasteiger partial charge in [-0.1, -0.05) is 0 Å². The van der Waals surface area contributed by atoms with E-state index in [0.717, 1.165) is 0 Å². The largest absolute Gasteiger partial charge is 0.408 e. The summed E-state index contributed by atoms with van der Waals surface area (Å²) in [7, 11) is 0. The molecule has 74 valence electrons. The van der Waals surface area contributed by atoms with Crippen LogP contribution >= 0.6 is 12.4 Å². The molecule has 0 bridgehead atoms. The predicted octanol–water partition coefficient (Wildman–Crippen LogP) is 1.48. The van der Waals surface area contributed by atoms with Gasteiger partial charge in [-0.3, -0.25) is 0 Å². The van der Waals surface area contributed by atoms with Crippen molar-refractivity contribution in [1.82, 2.24) is 0 Å². The van der Waals surface area contributed by atoms with Crippen molar-refractivity contribution < 1.29 is 17.9 Å². The zero-order chi connectivity index (χ0) is 8.54. The molecular weight excluding hydrogens is 195 g/mol. The molecule has 0 aromatic carbocycles. The molecule has 1 saturated heterocycles. The molecule has 1 rings (SSSR count). The van der Waals surface area contributed by atoms with Crippen LogP contribution in [0.2, 0.25) is 0 Å². The summed E-state index contributed by atoms with van der Waals surface area (Å²) in [4.78, 5) is 0. The van der Waals surface area contributed by atoms with Gasteiger partial charge in [0, 0.05) is 6.61 Å². The van der Waals surface area contributed by atoms with E-state index < -0.39 is 18.3 Å². The van der Waals surface area contributed by atoms with Crippen molar-refractivity contribution in [2.75, 3.05) is 13.2 Å². The van der Waals surface area contributed by atoms with E-state index in [0.29, 0.717) is 13.0 Å². The Balaban J connectivity index is 0.00000121. The van der Waals surface area contributed by atoms with E-state index in [4.69, 9.17) is 5.73 Å². The molecule has 2 N–H and O–H groups in total. The Morgan fingerprint density at radius 1 is 1.33 bits per heavy atom. The minimum absolute atomic E-state index is 0. The Hall–Kier alpha value is -0.0000000000000000486. The summed E-state index contributed by atoms with van der Waals surface area (Å²) in [5.74, 6) is 0. The minimum atomic E-state index is -4.34. The zero-order valence-electron chi connectivity index (χ0n) is 6.36. The highest BCUT2D eigenvalue weighted by molar-refractivity contribution is 5.85. The number of alkyl halides is 3. The van der Waals surface area contributed by atoms with Crippen molar-refractivity contribution in [3.63, 3.8) is 0 Å². The molecule has 0 spiro atoms. The summed E-state index contributed by atoms with van der Waals surface area (Å²) in [5.41, 5.74) is 2.98. The second kappa shape index (κ2) is 3.81. The standard InChI is InChI=1S/C6H10F3NO.ClH/c7-6(8,9)5(10)2-1-3-11-4-5;/h1-4,10H2;1H. The first-order valence-corrected chi connectivity index (χ1v) is 3.39. The molecule has 1 aliphatic rings. The third-order valence-electron chi connectivity index (χ3n) is 1.84. The topological polar surface area (TPSA) is 35.2 Å². The van der Waals surface area contributed by atoms with Crippen LogP contribution in [0.25, 0.3) is 0 Å². The second-order valence-electron chi connectivity index (χ2n) is 2.81. The molecule has 1 unspecified atom stereocenters.